The van der Waals surface area contributed by atoms with Crippen molar-refractivity contribution in [3.05, 3.63) is 28.2 Å². The smallest absolute Gasteiger partial charge is 0.305 e. The van der Waals surface area contributed by atoms with Gasteiger partial charge < -0.3 is 10.0 Å². The van der Waals surface area contributed by atoms with Crippen molar-refractivity contribution in [2.75, 3.05) is 11.4 Å². The second-order valence-corrected chi connectivity index (χ2v) is 4.83. The van der Waals surface area contributed by atoms with E-state index >= 15 is 0 Å². The van der Waals surface area contributed by atoms with Crippen LogP contribution >= 0.6 is 15.9 Å². The number of benzene rings is 1. The molecule has 0 fully saturated rings. The number of halogens is 1. The summed E-state index contributed by atoms with van der Waals surface area (Å²) in [6.45, 7) is 4.44. The van der Waals surface area contributed by atoms with E-state index in [1.807, 2.05) is 30.9 Å². The van der Waals surface area contributed by atoms with Crippen LogP contribution in [0.15, 0.2) is 22.7 Å². The number of anilines is 1. The van der Waals surface area contributed by atoms with Gasteiger partial charge in [-0.1, -0.05) is 6.07 Å². The Kier molecular flexibility index (Phi) is 5.17. The topological polar surface area (TPSA) is 64.3 Å². The van der Waals surface area contributed by atoms with Gasteiger partial charge in [0.25, 0.3) is 0 Å². The molecule has 0 amide bonds. The van der Waals surface area contributed by atoms with Crippen LogP contribution in [0.25, 0.3) is 0 Å². The van der Waals surface area contributed by atoms with Crippen LogP contribution < -0.4 is 4.90 Å². The quantitative estimate of drug-likeness (QED) is 0.908. The van der Waals surface area contributed by atoms with Crippen molar-refractivity contribution in [2.45, 2.75) is 26.3 Å². The van der Waals surface area contributed by atoms with E-state index in [1.165, 1.54) is 0 Å². The van der Waals surface area contributed by atoms with Gasteiger partial charge in [0.05, 0.1) is 17.7 Å². The highest BCUT2D eigenvalue weighted by molar-refractivity contribution is 9.10. The standard InChI is InChI=1S/C13H15BrN2O2/c1-3-16(9(2)7-13(17)18)12-6-4-5-11(14)10(12)8-15/h4-6,9H,3,7H2,1-2H3,(H,17,18). The zero-order valence-corrected chi connectivity index (χ0v) is 11.9. The predicted molar refractivity (Wildman–Crippen MR) is 73.6 cm³/mol. The molecule has 0 aliphatic heterocycles. The molecule has 0 aromatic heterocycles. The Morgan fingerprint density at radius 2 is 2.28 bits per heavy atom. The highest BCUT2D eigenvalue weighted by Gasteiger charge is 2.19. The molecular formula is C13H15BrN2O2. The van der Waals surface area contributed by atoms with Gasteiger partial charge in [-0.3, -0.25) is 4.79 Å². The molecule has 0 heterocycles. The van der Waals surface area contributed by atoms with Crippen molar-refractivity contribution in [3.63, 3.8) is 0 Å². The van der Waals surface area contributed by atoms with Gasteiger partial charge in [0.2, 0.25) is 0 Å². The molecule has 4 nitrogen and oxygen atoms in total. The summed E-state index contributed by atoms with van der Waals surface area (Å²) in [4.78, 5) is 12.7. The molecule has 0 aliphatic carbocycles. The fraction of sp³-hybridized carbons (Fsp3) is 0.385. The summed E-state index contributed by atoms with van der Waals surface area (Å²) in [7, 11) is 0. The molecule has 0 saturated carbocycles. The molecule has 5 heteroatoms. The van der Waals surface area contributed by atoms with Crippen molar-refractivity contribution < 1.29 is 9.90 Å². The van der Waals surface area contributed by atoms with Crippen molar-refractivity contribution in [3.8, 4) is 6.07 Å². The third-order valence-electron chi connectivity index (χ3n) is 2.76. The second kappa shape index (κ2) is 6.41. The van der Waals surface area contributed by atoms with Gasteiger partial charge >= 0.3 is 5.97 Å². The highest BCUT2D eigenvalue weighted by Crippen LogP contribution is 2.28. The third-order valence-corrected chi connectivity index (χ3v) is 3.42. The summed E-state index contributed by atoms with van der Waals surface area (Å²) < 4.78 is 0.725. The first-order valence-corrected chi connectivity index (χ1v) is 6.47. The minimum atomic E-state index is -0.838. The summed E-state index contributed by atoms with van der Waals surface area (Å²) >= 11 is 3.34. The van der Waals surface area contributed by atoms with Crippen molar-refractivity contribution in [1.82, 2.24) is 0 Å². The van der Waals surface area contributed by atoms with E-state index in [0.29, 0.717) is 12.1 Å². The second-order valence-electron chi connectivity index (χ2n) is 3.98. The van der Waals surface area contributed by atoms with Crippen LogP contribution in [0.2, 0.25) is 0 Å². The van der Waals surface area contributed by atoms with Gasteiger partial charge in [0, 0.05) is 17.1 Å². The maximum absolute atomic E-state index is 10.8. The van der Waals surface area contributed by atoms with Gasteiger partial charge in [0.1, 0.15) is 6.07 Å². The number of nitrogens with zero attached hydrogens (tertiary/aromatic N) is 2. The fourth-order valence-corrected chi connectivity index (χ4v) is 2.39. The Morgan fingerprint density at radius 1 is 1.61 bits per heavy atom. The predicted octanol–water partition coefficient (Wildman–Crippen LogP) is 3.01. The monoisotopic (exact) mass is 310 g/mol. The first-order valence-electron chi connectivity index (χ1n) is 5.68. The van der Waals surface area contributed by atoms with Crippen LogP contribution in [-0.2, 0) is 4.79 Å². The minimum absolute atomic E-state index is 0.0468. The van der Waals surface area contributed by atoms with Crippen molar-refractivity contribution in [1.29, 1.82) is 5.26 Å². The summed E-state index contributed by atoms with van der Waals surface area (Å²) in [5, 5.41) is 18.0. The normalized spacial score (nSPS) is 11.7. The SMILES string of the molecule is CCN(c1cccc(Br)c1C#N)C(C)CC(=O)O. The Balaban J connectivity index is 3.13. The molecule has 1 unspecified atom stereocenters. The number of nitriles is 1. The lowest BCUT2D eigenvalue weighted by Crippen LogP contribution is -2.35. The average Bonchev–Trinajstić information content (AvgIpc) is 2.29. The summed E-state index contributed by atoms with van der Waals surface area (Å²) in [5.41, 5.74) is 1.31. The van der Waals surface area contributed by atoms with Crippen LogP contribution in [0.5, 0.6) is 0 Å². The molecular weight excluding hydrogens is 296 g/mol. The molecule has 1 N–H and O–H groups in total. The lowest BCUT2D eigenvalue weighted by molar-refractivity contribution is -0.137. The highest BCUT2D eigenvalue weighted by atomic mass is 79.9. The van der Waals surface area contributed by atoms with E-state index in [-0.39, 0.29) is 12.5 Å². The molecule has 1 aromatic rings. The van der Waals surface area contributed by atoms with Gasteiger partial charge in [-0.05, 0) is 41.9 Å². The third kappa shape index (κ3) is 3.23. The fourth-order valence-electron chi connectivity index (χ4n) is 1.95. The van der Waals surface area contributed by atoms with E-state index in [4.69, 9.17) is 5.11 Å². The minimum Gasteiger partial charge on any atom is -0.481 e. The first kappa shape index (κ1) is 14.5. The van der Waals surface area contributed by atoms with Crippen LogP contribution in [-0.4, -0.2) is 23.7 Å². The van der Waals surface area contributed by atoms with E-state index in [2.05, 4.69) is 22.0 Å². The van der Waals surface area contributed by atoms with Crippen molar-refractivity contribution in [2.24, 2.45) is 0 Å². The molecule has 18 heavy (non-hydrogen) atoms. The van der Waals surface area contributed by atoms with Crippen molar-refractivity contribution >= 4 is 27.6 Å². The number of rotatable bonds is 5. The lowest BCUT2D eigenvalue weighted by atomic mass is 10.1. The number of carboxylic acid groups (broad SMARTS) is 1. The molecule has 0 spiro atoms. The molecule has 0 saturated heterocycles. The number of carboxylic acids is 1. The molecule has 0 aliphatic rings. The summed E-state index contributed by atoms with van der Waals surface area (Å²) in [6.07, 6.45) is 0.0468. The number of carbonyl (C=O) groups is 1. The van der Waals surface area contributed by atoms with E-state index in [0.717, 1.165) is 10.2 Å². The Morgan fingerprint density at radius 3 is 2.78 bits per heavy atom. The lowest BCUT2D eigenvalue weighted by Gasteiger charge is -2.30. The summed E-state index contributed by atoms with van der Waals surface area (Å²) in [5.74, 6) is -0.838. The van der Waals surface area contributed by atoms with E-state index in [1.54, 1.807) is 6.07 Å². The van der Waals surface area contributed by atoms with Crippen LogP contribution in [0, 0.1) is 11.3 Å². The van der Waals surface area contributed by atoms with Crippen LogP contribution in [0.1, 0.15) is 25.8 Å². The van der Waals surface area contributed by atoms with Gasteiger partial charge in [-0.2, -0.15) is 5.26 Å². The van der Waals surface area contributed by atoms with E-state index in [9.17, 15) is 10.1 Å². The average molecular weight is 311 g/mol. The number of hydrogen-bond acceptors (Lipinski definition) is 3. The van der Waals surface area contributed by atoms with Crippen LogP contribution in [0.3, 0.4) is 0 Å². The first-order chi connectivity index (χ1) is 8.51. The zero-order chi connectivity index (χ0) is 13.7. The zero-order valence-electron chi connectivity index (χ0n) is 10.4. The molecule has 0 radical (unpaired) electrons. The maximum Gasteiger partial charge on any atom is 0.305 e. The van der Waals surface area contributed by atoms with Crippen LogP contribution in [0.4, 0.5) is 5.69 Å². The van der Waals surface area contributed by atoms with Gasteiger partial charge in [-0.15, -0.1) is 0 Å². The summed E-state index contributed by atoms with van der Waals surface area (Å²) in [6, 6.07) is 7.48. The largest absolute Gasteiger partial charge is 0.481 e. The molecule has 0 bridgehead atoms. The number of hydrogen-bond donors (Lipinski definition) is 1. The van der Waals surface area contributed by atoms with Gasteiger partial charge in [0.15, 0.2) is 0 Å². The molecule has 1 aromatic carbocycles. The molecule has 1 atom stereocenters. The Bertz CT molecular complexity index is 482. The maximum atomic E-state index is 10.8. The van der Waals surface area contributed by atoms with Gasteiger partial charge in [-0.25, -0.2) is 0 Å². The Hall–Kier alpha value is -1.54. The molecule has 1 rings (SSSR count). The Labute approximate surface area is 115 Å². The van der Waals surface area contributed by atoms with E-state index < -0.39 is 5.97 Å². The number of aliphatic carboxylic acids is 1. The molecule has 96 valence electrons.